The molecule has 0 aliphatic carbocycles. The standard InChI is InChI=1S/C15H22BrN3O/c1-6-9(2)14(17-3)10-7-12-13(8-11(10)16)19(5)15(20)18(12)4/h7-9,14,17H,6H2,1-5H3. The topological polar surface area (TPSA) is 39.0 Å². The van der Waals surface area contributed by atoms with E-state index in [1.807, 2.05) is 20.2 Å². The van der Waals surface area contributed by atoms with Crippen molar-refractivity contribution in [2.45, 2.75) is 26.3 Å². The fourth-order valence-electron chi connectivity index (χ4n) is 2.76. The second kappa shape index (κ2) is 5.74. The van der Waals surface area contributed by atoms with Crippen LogP contribution in [-0.2, 0) is 14.1 Å². The molecule has 2 aromatic rings. The lowest BCUT2D eigenvalue weighted by molar-refractivity contribution is 0.399. The van der Waals surface area contributed by atoms with Crippen LogP contribution in [0.4, 0.5) is 0 Å². The summed E-state index contributed by atoms with van der Waals surface area (Å²) in [6.45, 7) is 4.43. The third kappa shape index (κ3) is 2.33. The van der Waals surface area contributed by atoms with Crippen molar-refractivity contribution in [1.29, 1.82) is 0 Å². The fourth-order valence-corrected chi connectivity index (χ4v) is 3.33. The molecule has 1 aromatic carbocycles. The first-order chi connectivity index (χ1) is 9.42. The summed E-state index contributed by atoms with van der Waals surface area (Å²) in [4.78, 5) is 12.0. The van der Waals surface area contributed by atoms with Gasteiger partial charge in [0.2, 0.25) is 0 Å². The predicted octanol–water partition coefficient (Wildman–Crippen LogP) is 2.95. The minimum atomic E-state index is 0.00796. The van der Waals surface area contributed by atoms with Crippen LogP contribution in [0.3, 0.4) is 0 Å². The molecule has 1 heterocycles. The second-order valence-electron chi connectivity index (χ2n) is 5.41. The molecular formula is C15H22BrN3O. The third-order valence-corrected chi connectivity index (χ3v) is 4.94. The zero-order chi connectivity index (χ0) is 15.0. The zero-order valence-electron chi connectivity index (χ0n) is 12.7. The van der Waals surface area contributed by atoms with E-state index in [0.29, 0.717) is 5.92 Å². The number of imidazole rings is 1. The first-order valence-electron chi connectivity index (χ1n) is 6.94. The number of halogens is 1. The highest BCUT2D eigenvalue weighted by atomic mass is 79.9. The lowest BCUT2D eigenvalue weighted by Crippen LogP contribution is -2.23. The second-order valence-corrected chi connectivity index (χ2v) is 6.27. The average molecular weight is 340 g/mol. The Balaban J connectivity index is 2.69. The van der Waals surface area contributed by atoms with Crippen LogP contribution in [0.5, 0.6) is 0 Å². The summed E-state index contributed by atoms with van der Waals surface area (Å²) in [5.74, 6) is 0.523. The first-order valence-corrected chi connectivity index (χ1v) is 7.73. The molecule has 0 amide bonds. The molecule has 2 atom stereocenters. The number of nitrogens with one attached hydrogen (secondary N) is 1. The molecule has 0 spiro atoms. The zero-order valence-corrected chi connectivity index (χ0v) is 14.3. The van der Waals surface area contributed by atoms with Crippen LogP contribution in [0.2, 0.25) is 0 Å². The van der Waals surface area contributed by atoms with E-state index >= 15 is 0 Å². The maximum Gasteiger partial charge on any atom is 0.328 e. The summed E-state index contributed by atoms with van der Waals surface area (Å²) in [7, 11) is 5.61. The summed E-state index contributed by atoms with van der Waals surface area (Å²) in [5.41, 5.74) is 3.13. The van der Waals surface area contributed by atoms with Gasteiger partial charge in [-0.15, -0.1) is 0 Å². The summed E-state index contributed by atoms with van der Waals surface area (Å²) in [5, 5.41) is 3.39. The van der Waals surface area contributed by atoms with E-state index in [-0.39, 0.29) is 11.7 Å². The van der Waals surface area contributed by atoms with E-state index in [2.05, 4.69) is 41.2 Å². The highest BCUT2D eigenvalue weighted by molar-refractivity contribution is 9.10. The van der Waals surface area contributed by atoms with E-state index in [9.17, 15) is 4.79 Å². The van der Waals surface area contributed by atoms with Crippen molar-refractivity contribution in [2.75, 3.05) is 7.05 Å². The molecule has 0 saturated heterocycles. The van der Waals surface area contributed by atoms with Gasteiger partial charge in [0.05, 0.1) is 11.0 Å². The molecule has 2 unspecified atom stereocenters. The fraction of sp³-hybridized carbons (Fsp3) is 0.533. The molecule has 4 nitrogen and oxygen atoms in total. The van der Waals surface area contributed by atoms with E-state index in [1.165, 1.54) is 5.56 Å². The molecule has 0 aliphatic heterocycles. The van der Waals surface area contributed by atoms with Gasteiger partial charge in [-0.25, -0.2) is 4.79 Å². The summed E-state index contributed by atoms with van der Waals surface area (Å²) < 4.78 is 4.43. The Morgan fingerprint density at radius 2 is 1.80 bits per heavy atom. The van der Waals surface area contributed by atoms with Crippen LogP contribution >= 0.6 is 15.9 Å². The number of aryl methyl sites for hydroxylation is 2. The number of fused-ring (bicyclic) bond motifs is 1. The number of hydrogen-bond acceptors (Lipinski definition) is 2. The molecule has 5 heteroatoms. The van der Waals surface area contributed by atoms with Gasteiger partial charge in [-0.3, -0.25) is 9.13 Å². The largest absolute Gasteiger partial charge is 0.328 e. The van der Waals surface area contributed by atoms with Crippen LogP contribution in [-0.4, -0.2) is 16.2 Å². The summed E-state index contributed by atoms with van der Waals surface area (Å²) in [6, 6.07) is 4.43. The molecular weight excluding hydrogens is 318 g/mol. The first kappa shape index (κ1) is 15.3. The number of benzene rings is 1. The molecule has 0 radical (unpaired) electrons. The Hall–Kier alpha value is -1.07. The van der Waals surface area contributed by atoms with Crippen molar-refractivity contribution in [3.63, 3.8) is 0 Å². The summed E-state index contributed by atoms with van der Waals surface area (Å²) >= 11 is 3.66. The van der Waals surface area contributed by atoms with Gasteiger partial charge in [0.1, 0.15) is 0 Å². The van der Waals surface area contributed by atoms with Crippen LogP contribution in [0, 0.1) is 5.92 Å². The van der Waals surface area contributed by atoms with Gasteiger partial charge in [0.15, 0.2) is 0 Å². The molecule has 0 saturated carbocycles. The molecule has 0 bridgehead atoms. The smallest absolute Gasteiger partial charge is 0.313 e. The normalized spacial score (nSPS) is 14.7. The molecule has 1 N–H and O–H groups in total. The molecule has 2 rings (SSSR count). The highest BCUT2D eigenvalue weighted by Crippen LogP contribution is 2.32. The number of aromatic nitrogens is 2. The van der Waals surface area contributed by atoms with E-state index < -0.39 is 0 Å². The minimum Gasteiger partial charge on any atom is -0.313 e. The highest BCUT2D eigenvalue weighted by Gasteiger charge is 2.20. The Labute approximate surface area is 127 Å². The van der Waals surface area contributed by atoms with Crippen molar-refractivity contribution < 1.29 is 0 Å². The third-order valence-electron chi connectivity index (χ3n) is 4.25. The maximum absolute atomic E-state index is 12.0. The lowest BCUT2D eigenvalue weighted by atomic mass is 9.92. The van der Waals surface area contributed by atoms with Gasteiger partial charge in [0.25, 0.3) is 0 Å². The van der Waals surface area contributed by atoms with Gasteiger partial charge in [-0.05, 0) is 30.7 Å². The Kier molecular flexibility index (Phi) is 4.39. The number of nitrogens with zero attached hydrogens (tertiary/aromatic N) is 2. The van der Waals surface area contributed by atoms with Crippen LogP contribution in [0.1, 0.15) is 31.9 Å². The van der Waals surface area contributed by atoms with Crippen molar-refractivity contribution >= 4 is 27.0 Å². The van der Waals surface area contributed by atoms with E-state index in [1.54, 1.807) is 16.2 Å². The van der Waals surface area contributed by atoms with Crippen molar-refractivity contribution in [2.24, 2.45) is 20.0 Å². The molecule has 0 fully saturated rings. The number of hydrogen-bond donors (Lipinski definition) is 1. The van der Waals surface area contributed by atoms with Crippen molar-refractivity contribution in [3.05, 3.63) is 32.7 Å². The molecule has 0 aliphatic rings. The molecule has 20 heavy (non-hydrogen) atoms. The Morgan fingerprint density at radius 1 is 1.25 bits per heavy atom. The van der Waals surface area contributed by atoms with Crippen LogP contribution in [0.15, 0.2) is 21.4 Å². The van der Waals surface area contributed by atoms with Gasteiger partial charge >= 0.3 is 5.69 Å². The van der Waals surface area contributed by atoms with Gasteiger partial charge in [-0.2, -0.15) is 0 Å². The Morgan fingerprint density at radius 3 is 2.30 bits per heavy atom. The van der Waals surface area contributed by atoms with Crippen LogP contribution < -0.4 is 11.0 Å². The monoisotopic (exact) mass is 339 g/mol. The predicted molar refractivity (Wildman–Crippen MR) is 87.1 cm³/mol. The summed E-state index contributed by atoms with van der Waals surface area (Å²) in [6.07, 6.45) is 1.10. The lowest BCUT2D eigenvalue weighted by Gasteiger charge is -2.24. The average Bonchev–Trinajstić information content (AvgIpc) is 2.64. The quantitative estimate of drug-likeness (QED) is 0.929. The van der Waals surface area contributed by atoms with Gasteiger partial charge < -0.3 is 5.32 Å². The molecule has 1 aromatic heterocycles. The minimum absolute atomic E-state index is 0.00796. The van der Waals surface area contributed by atoms with Crippen LogP contribution in [0.25, 0.3) is 11.0 Å². The van der Waals surface area contributed by atoms with Gasteiger partial charge in [0, 0.05) is 24.6 Å². The number of rotatable bonds is 4. The van der Waals surface area contributed by atoms with Gasteiger partial charge in [-0.1, -0.05) is 36.2 Å². The van der Waals surface area contributed by atoms with Crippen molar-refractivity contribution in [1.82, 2.24) is 14.5 Å². The SMILES string of the molecule is CCC(C)C(NC)c1cc2c(cc1Br)n(C)c(=O)n2C. The Bertz CT molecular complexity index is 686. The van der Waals surface area contributed by atoms with Crippen molar-refractivity contribution in [3.8, 4) is 0 Å². The van der Waals surface area contributed by atoms with E-state index in [0.717, 1.165) is 21.9 Å². The maximum atomic E-state index is 12.0. The van der Waals surface area contributed by atoms with E-state index in [4.69, 9.17) is 0 Å². The molecule has 110 valence electrons.